The van der Waals surface area contributed by atoms with Crippen LogP contribution >= 0.6 is 0 Å². The number of carbonyl (C=O) groups is 3. The molecule has 2 rings (SSSR count). The molecule has 0 aliphatic carbocycles. The molecule has 0 radical (unpaired) electrons. The van der Waals surface area contributed by atoms with E-state index in [1.807, 2.05) is 6.07 Å². The highest BCUT2D eigenvalue weighted by atomic mass is 16.5. The number of hydrogen-bond acceptors (Lipinski definition) is 5. The third-order valence-corrected chi connectivity index (χ3v) is 4.15. The fraction of sp³-hybridized carbons (Fsp3) is 0.238. The molecule has 1 aromatic carbocycles. The Hall–Kier alpha value is -3.46. The van der Waals surface area contributed by atoms with Crippen molar-refractivity contribution in [3.05, 3.63) is 64.0 Å². The first-order valence-corrected chi connectivity index (χ1v) is 8.37. The molecule has 0 bridgehead atoms. The van der Waals surface area contributed by atoms with E-state index in [-0.39, 0.29) is 11.5 Å². The van der Waals surface area contributed by atoms with Crippen LogP contribution in [0.25, 0.3) is 6.08 Å². The van der Waals surface area contributed by atoms with Crippen LogP contribution in [-0.4, -0.2) is 28.6 Å². The van der Waals surface area contributed by atoms with E-state index in [0.717, 1.165) is 5.56 Å². The Labute approximate surface area is 157 Å². The van der Waals surface area contributed by atoms with Gasteiger partial charge in [-0.2, -0.15) is 5.26 Å². The lowest BCUT2D eigenvalue weighted by atomic mass is 10.0. The molecule has 1 heterocycles. The smallest absolute Gasteiger partial charge is 0.331 e. The van der Waals surface area contributed by atoms with Gasteiger partial charge in [0.15, 0.2) is 11.9 Å². The van der Waals surface area contributed by atoms with Crippen molar-refractivity contribution >= 4 is 23.6 Å². The second kappa shape index (κ2) is 8.28. The third-order valence-electron chi connectivity index (χ3n) is 4.15. The third kappa shape index (κ3) is 4.59. The molecular formula is C21H20N2O4. The fourth-order valence-electron chi connectivity index (χ4n) is 2.83. The van der Waals surface area contributed by atoms with E-state index in [1.165, 1.54) is 19.9 Å². The van der Waals surface area contributed by atoms with Crippen LogP contribution in [-0.2, 0) is 9.53 Å². The molecular weight excluding hydrogens is 344 g/mol. The summed E-state index contributed by atoms with van der Waals surface area (Å²) >= 11 is 0. The number of Topliss-reactive ketones (excluding diaryl/α,β-unsaturated/α-hetero) is 2. The van der Waals surface area contributed by atoms with Crippen molar-refractivity contribution in [2.24, 2.45) is 0 Å². The molecule has 0 saturated heterocycles. The minimum absolute atomic E-state index is 0.129. The highest BCUT2D eigenvalue weighted by Gasteiger charge is 2.25. The molecule has 0 saturated carbocycles. The summed E-state index contributed by atoms with van der Waals surface area (Å²) in [6.07, 6.45) is 1.76. The Morgan fingerprint density at radius 2 is 1.81 bits per heavy atom. The quantitative estimate of drug-likeness (QED) is 0.480. The fourth-order valence-corrected chi connectivity index (χ4v) is 2.83. The van der Waals surface area contributed by atoms with Crippen LogP contribution in [0.4, 0.5) is 0 Å². The van der Waals surface area contributed by atoms with Gasteiger partial charge in [0.05, 0.1) is 17.3 Å². The number of nitrogens with zero attached hydrogens (tertiary/aromatic N) is 1. The maximum absolute atomic E-state index is 12.6. The number of hydrogen-bond donors (Lipinski definition) is 1. The van der Waals surface area contributed by atoms with Crippen LogP contribution in [0.5, 0.6) is 0 Å². The number of nitrogens with one attached hydrogen (secondary N) is 1. The molecule has 0 fully saturated rings. The number of aromatic amines is 1. The zero-order chi connectivity index (χ0) is 20.1. The second-order valence-corrected chi connectivity index (χ2v) is 6.19. The maximum atomic E-state index is 12.6. The van der Waals surface area contributed by atoms with Crippen molar-refractivity contribution in [3.8, 4) is 6.07 Å². The Morgan fingerprint density at radius 3 is 2.33 bits per heavy atom. The molecule has 1 N–H and O–H groups in total. The summed E-state index contributed by atoms with van der Waals surface area (Å²) in [5.41, 5.74) is 3.18. The molecule has 0 spiro atoms. The average molecular weight is 364 g/mol. The lowest BCUT2D eigenvalue weighted by Crippen LogP contribution is -2.24. The summed E-state index contributed by atoms with van der Waals surface area (Å²) in [6.45, 7) is 6.33. The highest BCUT2D eigenvalue weighted by molar-refractivity contribution is 6.05. The number of benzene rings is 1. The summed E-state index contributed by atoms with van der Waals surface area (Å²) in [6, 6.07) is 8.69. The maximum Gasteiger partial charge on any atom is 0.331 e. The topological polar surface area (TPSA) is 100 Å². The Kier molecular flexibility index (Phi) is 6.09. The van der Waals surface area contributed by atoms with Gasteiger partial charge < -0.3 is 9.72 Å². The molecule has 6 heteroatoms. The van der Waals surface area contributed by atoms with E-state index in [2.05, 4.69) is 4.98 Å². The van der Waals surface area contributed by atoms with Crippen molar-refractivity contribution in [2.45, 2.75) is 33.8 Å². The van der Waals surface area contributed by atoms with Crippen molar-refractivity contribution in [3.63, 3.8) is 0 Å². The molecule has 0 unspecified atom stereocenters. The minimum atomic E-state index is -1.00. The number of ketones is 2. The van der Waals surface area contributed by atoms with E-state index in [9.17, 15) is 14.4 Å². The van der Waals surface area contributed by atoms with Crippen molar-refractivity contribution in [2.75, 3.05) is 0 Å². The Morgan fingerprint density at radius 1 is 1.19 bits per heavy atom. The summed E-state index contributed by atoms with van der Waals surface area (Å²) in [7, 11) is 0. The summed E-state index contributed by atoms with van der Waals surface area (Å²) in [4.78, 5) is 39.1. The average Bonchev–Trinajstić information content (AvgIpc) is 2.94. The SMILES string of the molecule is CC(=O)c1c(C)[nH]c(C(=O)[C@@H](C)OC(=O)/C=C/c2ccc(C#N)cc2)c1C. The molecule has 1 atom stereocenters. The number of H-pyrrole nitrogens is 1. The first kappa shape index (κ1) is 19.9. The number of ether oxygens (including phenoxy) is 1. The summed E-state index contributed by atoms with van der Waals surface area (Å²) in [5, 5.41) is 8.76. The number of aryl methyl sites for hydroxylation is 1. The van der Waals surface area contributed by atoms with Gasteiger partial charge in [0, 0.05) is 17.3 Å². The van der Waals surface area contributed by atoms with Crippen LogP contribution in [0.3, 0.4) is 0 Å². The lowest BCUT2D eigenvalue weighted by molar-refractivity contribution is -0.140. The highest BCUT2D eigenvalue weighted by Crippen LogP contribution is 2.20. The summed E-state index contributed by atoms with van der Waals surface area (Å²) < 4.78 is 5.17. The van der Waals surface area contributed by atoms with Gasteiger partial charge in [-0.15, -0.1) is 0 Å². The van der Waals surface area contributed by atoms with Crippen molar-refractivity contribution in [1.82, 2.24) is 4.98 Å². The van der Waals surface area contributed by atoms with Gasteiger partial charge in [-0.3, -0.25) is 9.59 Å². The van der Waals surface area contributed by atoms with Gasteiger partial charge in [-0.25, -0.2) is 4.79 Å². The monoisotopic (exact) mass is 364 g/mol. The molecule has 27 heavy (non-hydrogen) atoms. The van der Waals surface area contributed by atoms with E-state index in [0.29, 0.717) is 22.4 Å². The molecule has 2 aromatic rings. The van der Waals surface area contributed by atoms with Gasteiger partial charge in [-0.05, 0) is 57.0 Å². The van der Waals surface area contributed by atoms with Crippen molar-refractivity contribution in [1.29, 1.82) is 5.26 Å². The van der Waals surface area contributed by atoms with E-state index in [1.54, 1.807) is 44.2 Å². The first-order valence-electron chi connectivity index (χ1n) is 8.37. The Bertz CT molecular complexity index is 959. The van der Waals surface area contributed by atoms with Crippen LogP contribution in [0.15, 0.2) is 30.3 Å². The number of carbonyl (C=O) groups excluding carboxylic acids is 3. The van der Waals surface area contributed by atoms with Gasteiger partial charge in [-0.1, -0.05) is 12.1 Å². The predicted molar refractivity (Wildman–Crippen MR) is 100 cm³/mol. The Balaban J connectivity index is 2.06. The van der Waals surface area contributed by atoms with Crippen LogP contribution in [0.1, 0.15) is 57.1 Å². The molecule has 1 aromatic heterocycles. The van der Waals surface area contributed by atoms with E-state index < -0.39 is 17.9 Å². The van der Waals surface area contributed by atoms with Gasteiger partial charge in [0.1, 0.15) is 0 Å². The number of aromatic nitrogens is 1. The largest absolute Gasteiger partial charge is 0.451 e. The number of rotatable bonds is 6. The van der Waals surface area contributed by atoms with E-state index in [4.69, 9.17) is 10.00 Å². The van der Waals surface area contributed by atoms with Crippen molar-refractivity contribution < 1.29 is 19.1 Å². The van der Waals surface area contributed by atoms with Gasteiger partial charge in [0.25, 0.3) is 0 Å². The predicted octanol–water partition coefficient (Wildman–Crippen LogP) is 3.53. The molecule has 6 nitrogen and oxygen atoms in total. The van der Waals surface area contributed by atoms with E-state index >= 15 is 0 Å². The number of nitriles is 1. The first-order chi connectivity index (χ1) is 12.7. The van der Waals surface area contributed by atoms with Crippen LogP contribution < -0.4 is 0 Å². The number of esters is 1. The van der Waals surface area contributed by atoms with Crippen LogP contribution in [0, 0.1) is 25.2 Å². The zero-order valence-electron chi connectivity index (χ0n) is 15.6. The summed E-state index contributed by atoms with van der Waals surface area (Å²) in [5.74, 6) is -1.19. The van der Waals surface area contributed by atoms with Gasteiger partial charge >= 0.3 is 5.97 Å². The van der Waals surface area contributed by atoms with Gasteiger partial charge in [0.2, 0.25) is 5.78 Å². The minimum Gasteiger partial charge on any atom is -0.451 e. The standard InChI is InChI=1S/C21H20N2O4/c1-12-19(14(3)24)13(2)23-20(12)21(26)15(4)27-18(25)10-9-16-5-7-17(11-22)8-6-16/h5-10,15,23H,1-4H3/b10-9+/t15-/m1/s1. The molecule has 0 amide bonds. The zero-order valence-corrected chi connectivity index (χ0v) is 15.6. The molecule has 0 aliphatic rings. The lowest BCUT2D eigenvalue weighted by Gasteiger charge is -2.10. The second-order valence-electron chi connectivity index (χ2n) is 6.19. The molecule has 0 aliphatic heterocycles. The molecule has 138 valence electrons. The normalized spacial score (nSPS) is 11.8. The van der Waals surface area contributed by atoms with Crippen LogP contribution in [0.2, 0.25) is 0 Å².